The summed E-state index contributed by atoms with van der Waals surface area (Å²) in [7, 11) is 0. The molecule has 16 heavy (non-hydrogen) atoms. The monoisotopic (exact) mass is 259 g/mol. The Labute approximate surface area is 95.5 Å². The van der Waals surface area contributed by atoms with Crippen molar-refractivity contribution in [2.45, 2.75) is 12.0 Å². The van der Waals surface area contributed by atoms with Gasteiger partial charge < -0.3 is 10.8 Å². The van der Waals surface area contributed by atoms with Crippen LogP contribution < -0.4 is 5.73 Å². The molecule has 0 bridgehead atoms. The van der Waals surface area contributed by atoms with Gasteiger partial charge in [0.25, 0.3) is 5.92 Å². The molecule has 0 aromatic heterocycles. The molecule has 0 saturated carbocycles. The van der Waals surface area contributed by atoms with E-state index in [4.69, 9.17) is 10.8 Å². The van der Waals surface area contributed by atoms with E-state index in [1.807, 2.05) is 0 Å². The van der Waals surface area contributed by atoms with E-state index in [1.165, 1.54) is 0 Å². The summed E-state index contributed by atoms with van der Waals surface area (Å²) in [5.41, 5.74) is 4.38. The predicted octanol–water partition coefficient (Wildman–Crippen LogP) is 2.01. The Kier molecular flexibility index (Phi) is 5.18. The number of hydrogen-bond donors (Lipinski definition) is 2. The Bertz CT molecular complexity index is 361. The molecule has 0 radical (unpaired) electrons. The van der Waals surface area contributed by atoms with Gasteiger partial charge in [-0.3, -0.25) is 0 Å². The van der Waals surface area contributed by atoms with Gasteiger partial charge in [-0.1, -0.05) is 0 Å². The fraction of sp³-hybridized carbons (Fsp3) is 0.333. The van der Waals surface area contributed by atoms with Crippen LogP contribution in [-0.4, -0.2) is 17.6 Å². The van der Waals surface area contributed by atoms with E-state index in [0.717, 1.165) is 6.07 Å². The third kappa shape index (κ3) is 3.07. The number of rotatable bonds is 3. The lowest BCUT2D eigenvalue weighted by Crippen LogP contribution is -2.36. The summed E-state index contributed by atoms with van der Waals surface area (Å²) in [5, 5.41) is 8.34. The van der Waals surface area contributed by atoms with Crippen LogP contribution in [0.15, 0.2) is 18.2 Å². The van der Waals surface area contributed by atoms with Crippen molar-refractivity contribution in [3.8, 4) is 0 Å². The van der Waals surface area contributed by atoms with Gasteiger partial charge in [0.05, 0.1) is 6.04 Å². The maximum atomic E-state index is 13.0. The molecule has 2 nitrogen and oxygen atoms in total. The standard InChI is InChI=1S/C9H9F4NO.ClH/c10-5-1-2-7(11)6(3-5)8(14)9(12,13)4-15;/h1-3,8,15H,4,14H2;1H/t8-;/m0./s1. The van der Waals surface area contributed by atoms with Crippen molar-refractivity contribution in [2.75, 3.05) is 6.61 Å². The van der Waals surface area contributed by atoms with Crippen LogP contribution in [0.3, 0.4) is 0 Å². The minimum absolute atomic E-state index is 0. The Balaban J connectivity index is 0.00000225. The number of aliphatic hydroxyl groups is 1. The molecule has 1 aromatic rings. The molecule has 0 aliphatic rings. The number of hydrogen-bond acceptors (Lipinski definition) is 2. The SMILES string of the molecule is Cl.N[C@@H](c1cc(F)ccc1F)C(F)(F)CO. The molecule has 0 amide bonds. The molecule has 92 valence electrons. The lowest BCUT2D eigenvalue weighted by molar-refractivity contribution is -0.0719. The van der Waals surface area contributed by atoms with Crippen LogP contribution in [0, 0.1) is 11.6 Å². The van der Waals surface area contributed by atoms with Gasteiger partial charge in [0.2, 0.25) is 0 Å². The summed E-state index contributed by atoms with van der Waals surface area (Å²) in [6.45, 7) is -1.52. The first-order chi connectivity index (χ1) is 6.88. The van der Waals surface area contributed by atoms with Gasteiger partial charge in [-0.15, -0.1) is 12.4 Å². The molecule has 0 spiro atoms. The van der Waals surface area contributed by atoms with E-state index in [2.05, 4.69) is 0 Å². The van der Waals surface area contributed by atoms with Crippen molar-refractivity contribution < 1.29 is 22.7 Å². The van der Waals surface area contributed by atoms with E-state index >= 15 is 0 Å². The molecule has 0 aliphatic carbocycles. The second kappa shape index (κ2) is 5.47. The van der Waals surface area contributed by atoms with Crippen molar-refractivity contribution in [3.05, 3.63) is 35.4 Å². The highest BCUT2D eigenvalue weighted by Crippen LogP contribution is 2.30. The summed E-state index contributed by atoms with van der Waals surface area (Å²) in [6.07, 6.45) is 0. The summed E-state index contributed by atoms with van der Waals surface area (Å²) in [5.74, 6) is -5.58. The van der Waals surface area contributed by atoms with Crippen molar-refractivity contribution in [3.63, 3.8) is 0 Å². The minimum Gasteiger partial charge on any atom is -0.390 e. The maximum absolute atomic E-state index is 13.0. The molecule has 0 heterocycles. The Morgan fingerprint density at radius 3 is 2.38 bits per heavy atom. The largest absolute Gasteiger partial charge is 0.390 e. The highest BCUT2D eigenvalue weighted by Gasteiger charge is 2.38. The van der Waals surface area contributed by atoms with Crippen LogP contribution in [0.25, 0.3) is 0 Å². The van der Waals surface area contributed by atoms with E-state index < -0.39 is 35.8 Å². The van der Waals surface area contributed by atoms with E-state index in [1.54, 1.807) is 0 Å². The number of halogens is 5. The van der Waals surface area contributed by atoms with Gasteiger partial charge in [-0.25, -0.2) is 17.6 Å². The number of benzene rings is 1. The average molecular weight is 260 g/mol. The normalized spacial score (nSPS) is 13.1. The Morgan fingerprint density at radius 1 is 1.31 bits per heavy atom. The average Bonchev–Trinajstić information content (AvgIpc) is 2.20. The second-order valence-corrected chi connectivity index (χ2v) is 3.06. The molecule has 1 rings (SSSR count). The topological polar surface area (TPSA) is 46.2 Å². The van der Waals surface area contributed by atoms with Crippen LogP contribution in [0.1, 0.15) is 11.6 Å². The van der Waals surface area contributed by atoms with Crippen LogP contribution in [0.2, 0.25) is 0 Å². The third-order valence-electron chi connectivity index (χ3n) is 1.96. The number of nitrogens with two attached hydrogens (primary N) is 1. The van der Waals surface area contributed by atoms with Gasteiger partial charge in [0.15, 0.2) is 0 Å². The molecular formula is C9H10ClF4NO. The molecule has 0 unspecified atom stereocenters. The van der Waals surface area contributed by atoms with Crippen molar-refractivity contribution >= 4 is 12.4 Å². The molecule has 1 atom stereocenters. The smallest absolute Gasteiger partial charge is 0.289 e. The van der Waals surface area contributed by atoms with Crippen molar-refractivity contribution in [1.29, 1.82) is 0 Å². The fourth-order valence-corrected chi connectivity index (χ4v) is 1.08. The molecular weight excluding hydrogens is 250 g/mol. The Morgan fingerprint density at radius 2 is 1.88 bits per heavy atom. The van der Waals surface area contributed by atoms with Crippen LogP contribution in [-0.2, 0) is 0 Å². The van der Waals surface area contributed by atoms with Crippen LogP contribution >= 0.6 is 12.4 Å². The minimum atomic E-state index is -3.69. The zero-order valence-corrected chi connectivity index (χ0v) is 8.78. The summed E-state index contributed by atoms with van der Waals surface area (Å²) in [4.78, 5) is 0. The van der Waals surface area contributed by atoms with Gasteiger partial charge in [-0.05, 0) is 18.2 Å². The first kappa shape index (κ1) is 15.2. The van der Waals surface area contributed by atoms with Gasteiger partial charge in [0.1, 0.15) is 18.2 Å². The predicted molar refractivity (Wildman–Crippen MR) is 52.6 cm³/mol. The van der Waals surface area contributed by atoms with Crippen molar-refractivity contribution in [1.82, 2.24) is 0 Å². The van der Waals surface area contributed by atoms with Crippen LogP contribution in [0.5, 0.6) is 0 Å². The zero-order valence-electron chi connectivity index (χ0n) is 7.96. The summed E-state index contributed by atoms with van der Waals surface area (Å²) < 4.78 is 51.5. The van der Waals surface area contributed by atoms with E-state index in [0.29, 0.717) is 12.1 Å². The highest BCUT2D eigenvalue weighted by molar-refractivity contribution is 5.85. The number of aliphatic hydroxyl groups excluding tert-OH is 1. The molecule has 7 heteroatoms. The molecule has 3 N–H and O–H groups in total. The van der Waals surface area contributed by atoms with E-state index in [-0.39, 0.29) is 12.4 Å². The molecule has 0 aliphatic heterocycles. The highest BCUT2D eigenvalue weighted by atomic mass is 35.5. The lowest BCUT2D eigenvalue weighted by Gasteiger charge is -2.21. The summed E-state index contributed by atoms with van der Waals surface area (Å²) in [6, 6.07) is 0.0164. The first-order valence-corrected chi connectivity index (χ1v) is 4.07. The third-order valence-corrected chi connectivity index (χ3v) is 1.96. The van der Waals surface area contributed by atoms with Crippen LogP contribution in [0.4, 0.5) is 17.6 Å². The lowest BCUT2D eigenvalue weighted by atomic mass is 10.0. The summed E-state index contributed by atoms with van der Waals surface area (Å²) >= 11 is 0. The van der Waals surface area contributed by atoms with Gasteiger partial charge in [0, 0.05) is 5.56 Å². The second-order valence-electron chi connectivity index (χ2n) is 3.06. The van der Waals surface area contributed by atoms with Gasteiger partial charge >= 0.3 is 0 Å². The fourth-order valence-electron chi connectivity index (χ4n) is 1.08. The molecule has 0 saturated heterocycles. The van der Waals surface area contributed by atoms with E-state index in [9.17, 15) is 17.6 Å². The maximum Gasteiger partial charge on any atom is 0.289 e. The number of alkyl halides is 2. The molecule has 0 fully saturated rings. The zero-order chi connectivity index (χ0) is 11.6. The first-order valence-electron chi connectivity index (χ1n) is 4.07. The Hall–Kier alpha value is -0.850. The molecule has 1 aromatic carbocycles. The van der Waals surface area contributed by atoms with Crippen molar-refractivity contribution in [2.24, 2.45) is 5.73 Å². The quantitative estimate of drug-likeness (QED) is 0.816. The van der Waals surface area contributed by atoms with Gasteiger partial charge in [-0.2, -0.15) is 0 Å².